The Morgan fingerprint density at radius 2 is 1.95 bits per heavy atom. The summed E-state index contributed by atoms with van der Waals surface area (Å²) in [5.41, 5.74) is 6.70. The smallest absolute Gasteiger partial charge is 0.262 e. The van der Waals surface area contributed by atoms with Crippen LogP contribution in [0.4, 0.5) is 10.1 Å². The maximum Gasteiger partial charge on any atom is 0.262 e. The van der Waals surface area contributed by atoms with Crippen LogP contribution in [-0.2, 0) is 11.3 Å². The van der Waals surface area contributed by atoms with Gasteiger partial charge in [-0.2, -0.15) is 0 Å². The minimum atomic E-state index is -0.387. The Morgan fingerprint density at radius 3 is 2.62 bits per heavy atom. The van der Waals surface area contributed by atoms with Gasteiger partial charge in [0.2, 0.25) is 0 Å². The summed E-state index contributed by atoms with van der Waals surface area (Å²) >= 11 is 3.31. The molecule has 4 nitrogen and oxygen atoms in total. The molecule has 1 amide bonds. The second-order valence-corrected chi connectivity index (χ2v) is 5.22. The average molecular weight is 353 g/mol. The van der Waals surface area contributed by atoms with Crippen LogP contribution >= 0.6 is 15.9 Å². The molecule has 0 saturated carbocycles. The van der Waals surface area contributed by atoms with Gasteiger partial charge < -0.3 is 15.8 Å². The Kier molecular flexibility index (Phi) is 5.30. The van der Waals surface area contributed by atoms with Gasteiger partial charge in [0, 0.05) is 22.3 Å². The molecule has 110 valence electrons. The van der Waals surface area contributed by atoms with Gasteiger partial charge in [0.1, 0.15) is 11.6 Å². The molecule has 0 fully saturated rings. The second-order valence-electron chi connectivity index (χ2n) is 4.30. The lowest BCUT2D eigenvalue weighted by Gasteiger charge is -2.10. The molecule has 2 rings (SSSR count). The third-order valence-corrected chi connectivity index (χ3v) is 3.26. The third kappa shape index (κ3) is 4.54. The highest BCUT2D eigenvalue weighted by molar-refractivity contribution is 9.10. The van der Waals surface area contributed by atoms with Gasteiger partial charge in [0.25, 0.3) is 5.91 Å². The van der Waals surface area contributed by atoms with E-state index in [0.29, 0.717) is 17.0 Å². The molecule has 0 aliphatic heterocycles. The van der Waals surface area contributed by atoms with E-state index in [9.17, 15) is 9.18 Å². The molecule has 0 spiro atoms. The summed E-state index contributed by atoms with van der Waals surface area (Å²) < 4.78 is 19.4. The van der Waals surface area contributed by atoms with Gasteiger partial charge in [-0.1, -0.05) is 15.9 Å². The molecule has 0 unspecified atom stereocenters. The fraction of sp³-hybridized carbons (Fsp3) is 0.133. The van der Waals surface area contributed by atoms with Crippen molar-refractivity contribution in [1.82, 2.24) is 0 Å². The molecular weight excluding hydrogens is 339 g/mol. The van der Waals surface area contributed by atoms with Crippen molar-refractivity contribution in [1.29, 1.82) is 0 Å². The Morgan fingerprint density at radius 1 is 1.24 bits per heavy atom. The van der Waals surface area contributed by atoms with Crippen LogP contribution in [0.1, 0.15) is 5.56 Å². The number of carbonyl (C=O) groups excluding carboxylic acids is 1. The molecule has 0 saturated heterocycles. The first kappa shape index (κ1) is 15.5. The predicted molar refractivity (Wildman–Crippen MR) is 82.6 cm³/mol. The molecule has 0 aliphatic rings. The third-order valence-electron chi connectivity index (χ3n) is 2.73. The van der Waals surface area contributed by atoms with Crippen LogP contribution in [-0.4, -0.2) is 12.5 Å². The van der Waals surface area contributed by atoms with Crippen molar-refractivity contribution in [3.05, 3.63) is 58.3 Å². The van der Waals surface area contributed by atoms with Gasteiger partial charge in [-0.05, 0) is 42.5 Å². The average Bonchev–Trinajstić information content (AvgIpc) is 2.48. The van der Waals surface area contributed by atoms with Crippen LogP contribution in [0.3, 0.4) is 0 Å². The summed E-state index contributed by atoms with van der Waals surface area (Å²) in [6.07, 6.45) is 0. The van der Waals surface area contributed by atoms with E-state index in [1.54, 1.807) is 12.1 Å². The Bertz CT molecular complexity index is 632. The number of carbonyl (C=O) groups is 1. The number of hydrogen-bond donors (Lipinski definition) is 2. The number of amides is 1. The van der Waals surface area contributed by atoms with Crippen molar-refractivity contribution in [2.75, 3.05) is 11.9 Å². The molecule has 2 aromatic rings. The maximum atomic E-state index is 13.1. The van der Waals surface area contributed by atoms with Crippen molar-refractivity contribution in [3.8, 4) is 5.75 Å². The molecule has 0 bridgehead atoms. The SMILES string of the molecule is NCc1cc(F)ccc1OCC(=O)Nc1ccc(Br)cc1. The van der Waals surface area contributed by atoms with Gasteiger partial charge in [-0.25, -0.2) is 4.39 Å². The molecule has 6 heteroatoms. The van der Waals surface area contributed by atoms with Gasteiger partial charge in [0.05, 0.1) is 0 Å². The monoisotopic (exact) mass is 352 g/mol. The minimum Gasteiger partial charge on any atom is -0.483 e. The summed E-state index contributed by atoms with van der Waals surface area (Å²) in [5, 5.41) is 2.70. The number of anilines is 1. The zero-order chi connectivity index (χ0) is 15.2. The van der Waals surface area contributed by atoms with E-state index in [2.05, 4.69) is 21.2 Å². The first-order chi connectivity index (χ1) is 10.1. The summed E-state index contributed by atoms with van der Waals surface area (Å²) in [4.78, 5) is 11.8. The second kappa shape index (κ2) is 7.19. The molecule has 0 atom stereocenters. The standard InChI is InChI=1S/C15H14BrFN2O2/c16-11-1-4-13(5-2-11)19-15(20)9-21-14-6-3-12(17)7-10(14)8-18/h1-7H,8-9,18H2,(H,19,20). The van der Waals surface area contributed by atoms with Crippen molar-refractivity contribution in [2.24, 2.45) is 5.73 Å². The maximum absolute atomic E-state index is 13.1. The lowest BCUT2D eigenvalue weighted by atomic mass is 10.2. The van der Waals surface area contributed by atoms with E-state index in [1.807, 2.05) is 12.1 Å². The fourth-order valence-electron chi connectivity index (χ4n) is 1.72. The first-order valence-electron chi connectivity index (χ1n) is 6.25. The Hall–Kier alpha value is -1.92. The zero-order valence-electron chi connectivity index (χ0n) is 11.1. The van der Waals surface area contributed by atoms with Gasteiger partial charge in [0.15, 0.2) is 6.61 Å². The Balaban J connectivity index is 1.93. The van der Waals surface area contributed by atoms with Crippen LogP contribution in [0.5, 0.6) is 5.75 Å². The number of halogens is 2. The fourth-order valence-corrected chi connectivity index (χ4v) is 1.99. The van der Waals surface area contributed by atoms with E-state index in [-0.39, 0.29) is 24.9 Å². The zero-order valence-corrected chi connectivity index (χ0v) is 12.7. The number of ether oxygens (including phenoxy) is 1. The normalized spacial score (nSPS) is 10.2. The lowest BCUT2D eigenvalue weighted by Crippen LogP contribution is -2.20. The van der Waals surface area contributed by atoms with Crippen molar-refractivity contribution < 1.29 is 13.9 Å². The number of rotatable bonds is 5. The summed E-state index contributed by atoms with van der Waals surface area (Å²) in [6.45, 7) is -0.0316. The van der Waals surface area contributed by atoms with E-state index < -0.39 is 0 Å². The summed E-state index contributed by atoms with van der Waals surface area (Å²) in [5.74, 6) is -0.281. The molecule has 3 N–H and O–H groups in total. The number of nitrogens with one attached hydrogen (secondary N) is 1. The number of hydrogen-bond acceptors (Lipinski definition) is 3. The molecule has 21 heavy (non-hydrogen) atoms. The van der Waals surface area contributed by atoms with E-state index in [4.69, 9.17) is 10.5 Å². The quantitative estimate of drug-likeness (QED) is 0.868. The highest BCUT2D eigenvalue weighted by Crippen LogP contribution is 2.19. The summed E-state index contributed by atoms with van der Waals surface area (Å²) in [7, 11) is 0. The van der Waals surface area contributed by atoms with Crippen LogP contribution < -0.4 is 15.8 Å². The molecule has 0 heterocycles. The van der Waals surface area contributed by atoms with E-state index >= 15 is 0 Å². The molecule has 0 radical (unpaired) electrons. The largest absolute Gasteiger partial charge is 0.483 e. The highest BCUT2D eigenvalue weighted by atomic mass is 79.9. The highest BCUT2D eigenvalue weighted by Gasteiger charge is 2.07. The van der Waals surface area contributed by atoms with E-state index in [1.165, 1.54) is 18.2 Å². The van der Waals surface area contributed by atoms with Gasteiger partial charge >= 0.3 is 0 Å². The molecule has 2 aromatic carbocycles. The number of nitrogens with two attached hydrogens (primary N) is 1. The first-order valence-corrected chi connectivity index (χ1v) is 7.04. The van der Waals surface area contributed by atoms with Crippen molar-refractivity contribution >= 4 is 27.5 Å². The summed E-state index contributed by atoms with van der Waals surface area (Å²) in [6, 6.07) is 11.2. The van der Waals surface area contributed by atoms with Crippen LogP contribution in [0, 0.1) is 5.82 Å². The molecule has 0 aliphatic carbocycles. The predicted octanol–water partition coefficient (Wildman–Crippen LogP) is 3.06. The van der Waals surface area contributed by atoms with Crippen molar-refractivity contribution in [3.63, 3.8) is 0 Å². The minimum absolute atomic E-state index is 0.140. The van der Waals surface area contributed by atoms with Crippen molar-refractivity contribution in [2.45, 2.75) is 6.54 Å². The van der Waals surface area contributed by atoms with E-state index in [0.717, 1.165) is 4.47 Å². The Labute approximate surface area is 130 Å². The lowest BCUT2D eigenvalue weighted by molar-refractivity contribution is -0.118. The van der Waals surface area contributed by atoms with Crippen LogP contribution in [0.2, 0.25) is 0 Å². The van der Waals surface area contributed by atoms with Crippen LogP contribution in [0.15, 0.2) is 46.9 Å². The topological polar surface area (TPSA) is 64.3 Å². The molecule has 0 aromatic heterocycles. The molecular formula is C15H14BrFN2O2. The van der Waals surface area contributed by atoms with Gasteiger partial charge in [-0.15, -0.1) is 0 Å². The van der Waals surface area contributed by atoms with Crippen LogP contribution in [0.25, 0.3) is 0 Å². The van der Waals surface area contributed by atoms with Gasteiger partial charge in [-0.3, -0.25) is 4.79 Å². The number of benzene rings is 2.